The van der Waals surface area contributed by atoms with Gasteiger partial charge in [0.05, 0.1) is 23.4 Å². The molecule has 6 nitrogen and oxygen atoms in total. The number of carbonyl (C=O) groups is 1. The van der Waals surface area contributed by atoms with Gasteiger partial charge in [-0.05, 0) is 42.8 Å². The van der Waals surface area contributed by atoms with Gasteiger partial charge in [0.1, 0.15) is 11.5 Å². The molecule has 0 fully saturated rings. The molecule has 2 rings (SSSR count). The molecule has 0 aliphatic rings. The van der Waals surface area contributed by atoms with Crippen molar-refractivity contribution in [3.05, 3.63) is 54.1 Å². The first-order valence-electron chi connectivity index (χ1n) is 6.84. The van der Waals surface area contributed by atoms with Crippen molar-refractivity contribution in [2.45, 2.75) is 18.2 Å². The number of halogens is 1. The van der Waals surface area contributed by atoms with Crippen molar-refractivity contribution in [2.24, 2.45) is 0 Å². The molecule has 0 saturated heterocycles. The van der Waals surface area contributed by atoms with Gasteiger partial charge in [0.25, 0.3) is 10.0 Å². The summed E-state index contributed by atoms with van der Waals surface area (Å²) in [6.45, 7) is 2.16. The summed E-state index contributed by atoms with van der Waals surface area (Å²) in [5.41, 5.74) is 0.268. The number of hydrogen-bond acceptors (Lipinski definition) is 5. The molecule has 1 aromatic heterocycles. The van der Waals surface area contributed by atoms with Gasteiger partial charge in [0, 0.05) is 0 Å². The van der Waals surface area contributed by atoms with Crippen LogP contribution in [-0.2, 0) is 14.8 Å². The molecule has 122 valence electrons. The quantitative estimate of drug-likeness (QED) is 0.818. The number of nitrogens with zero attached hydrogens (tertiary/aromatic N) is 1. The Bertz CT molecular complexity index is 774. The highest BCUT2D eigenvalue weighted by atomic mass is 32.2. The minimum absolute atomic E-state index is 0.0784. The van der Waals surface area contributed by atoms with Crippen molar-refractivity contribution in [1.82, 2.24) is 4.98 Å². The molecule has 0 spiro atoms. The van der Waals surface area contributed by atoms with Crippen molar-refractivity contribution in [2.75, 3.05) is 11.3 Å². The van der Waals surface area contributed by atoms with Gasteiger partial charge in [-0.2, -0.15) is 0 Å². The standard InChI is InChI=1S/C15H15FN2O4S/c1-2-9-22-15(19)14-8-5-12(10-17-14)18-23(20,21)13-6-3-11(16)4-7-13/h3-8,10,18H,2,9H2,1H3. The maximum Gasteiger partial charge on any atom is 0.356 e. The zero-order chi connectivity index (χ0) is 16.9. The zero-order valence-electron chi connectivity index (χ0n) is 12.3. The van der Waals surface area contributed by atoms with Crippen LogP contribution < -0.4 is 4.72 Å². The highest BCUT2D eigenvalue weighted by Crippen LogP contribution is 2.16. The van der Waals surface area contributed by atoms with Crippen molar-refractivity contribution in [3.8, 4) is 0 Å². The number of sulfonamides is 1. The molecule has 2 aromatic rings. The van der Waals surface area contributed by atoms with Crippen LogP contribution in [0.2, 0.25) is 0 Å². The Morgan fingerprint density at radius 3 is 2.48 bits per heavy atom. The SMILES string of the molecule is CCCOC(=O)c1ccc(NS(=O)(=O)c2ccc(F)cc2)cn1. The monoisotopic (exact) mass is 338 g/mol. The number of rotatable bonds is 6. The van der Waals surface area contributed by atoms with Gasteiger partial charge in [-0.25, -0.2) is 22.6 Å². The van der Waals surface area contributed by atoms with Crippen molar-refractivity contribution < 1.29 is 22.3 Å². The normalized spacial score (nSPS) is 11.0. The van der Waals surface area contributed by atoms with Gasteiger partial charge in [-0.15, -0.1) is 0 Å². The van der Waals surface area contributed by atoms with Crippen LogP contribution in [0.15, 0.2) is 47.5 Å². The van der Waals surface area contributed by atoms with E-state index >= 15 is 0 Å². The predicted octanol–water partition coefficient (Wildman–Crippen LogP) is 2.59. The molecule has 0 bridgehead atoms. The fraction of sp³-hybridized carbons (Fsp3) is 0.200. The lowest BCUT2D eigenvalue weighted by molar-refractivity contribution is 0.0498. The zero-order valence-corrected chi connectivity index (χ0v) is 13.1. The second kappa shape index (κ2) is 7.19. The number of nitrogens with one attached hydrogen (secondary N) is 1. The molecule has 1 heterocycles. The molecule has 0 aliphatic carbocycles. The van der Waals surface area contributed by atoms with E-state index in [1.807, 2.05) is 6.92 Å². The number of anilines is 1. The average molecular weight is 338 g/mol. The van der Waals surface area contributed by atoms with Crippen LogP contribution in [-0.4, -0.2) is 26.0 Å². The smallest absolute Gasteiger partial charge is 0.356 e. The van der Waals surface area contributed by atoms with Gasteiger partial charge in [0.15, 0.2) is 0 Å². The van der Waals surface area contributed by atoms with Crippen molar-refractivity contribution >= 4 is 21.7 Å². The maximum absolute atomic E-state index is 12.8. The van der Waals surface area contributed by atoms with Crippen LogP contribution >= 0.6 is 0 Å². The topological polar surface area (TPSA) is 85.4 Å². The Labute approximate surface area is 133 Å². The third-order valence-corrected chi connectivity index (χ3v) is 4.18. The van der Waals surface area contributed by atoms with E-state index in [-0.39, 0.29) is 16.3 Å². The lowest BCUT2D eigenvalue weighted by atomic mass is 10.3. The van der Waals surface area contributed by atoms with E-state index in [9.17, 15) is 17.6 Å². The van der Waals surface area contributed by atoms with Crippen LogP contribution in [0.3, 0.4) is 0 Å². The summed E-state index contributed by atoms with van der Waals surface area (Å²) in [7, 11) is -3.85. The van der Waals surface area contributed by atoms with E-state index in [4.69, 9.17) is 4.74 Å². The Kier molecular flexibility index (Phi) is 5.28. The van der Waals surface area contributed by atoms with E-state index in [1.165, 1.54) is 18.3 Å². The Hall–Kier alpha value is -2.48. The van der Waals surface area contributed by atoms with Crippen LogP contribution in [0, 0.1) is 5.82 Å². The second-order valence-electron chi connectivity index (χ2n) is 4.63. The Morgan fingerprint density at radius 1 is 1.22 bits per heavy atom. The number of aromatic nitrogens is 1. The summed E-state index contributed by atoms with van der Waals surface area (Å²) >= 11 is 0. The van der Waals surface area contributed by atoms with E-state index < -0.39 is 21.8 Å². The van der Waals surface area contributed by atoms with E-state index in [1.54, 1.807) is 0 Å². The summed E-state index contributed by atoms with van der Waals surface area (Å²) < 4.78 is 44.3. The third-order valence-electron chi connectivity index (χ3n) is 2.79. The van der Waals surface area contributed by atoms with Gasteiger partial charge in [-0.3, -0.25) is 4.72 Å². The summed E-state index contributed by atoms with van der Waals surface area (Å²) in [5, 5.41) is 0. The highest BCUT2D eigenvalue weighted by Gasteiger charge is 2.15. The minimum atomic E-state index is -3.85. The molecule has 0 radical (unpaired) electrons. The van der Waals surface area contributed by atoms with Gasteiger partial charge in [-0.1, -0.05) is 6.92 Å². The van der Waals surface area contributed by atoms with Crippen LogP contribution in [0.1, 0.15) is 23.8 Å². The van der Waals surface area contributed by atoms with Gasteiger partial charge >= 0.3 is 5.97 Å². The summed E-state index contributed by atoms with van der Waals surface area (Å²) in [5.74, 6) is -1.10. The first kappa shape index (κ1) is 16.9. The highest BCUT2D eigenvalue weighted by molar-refractivity contribution is 7.92. The number of ether oxygens (including phenoxy) is 1. The van der Waals surface area contributed by atoms with Crippen LogP contribution in [0.25, 0.3) is 0 Å². The van der Waals surface area contributed by atoms with Crippen molar-refractivity contribution in [3.63, 3.8) is 0 Å². The lowest BCUT2D eigenvalue weighted by Crippen LogP contribution is -2.14. The Morgan fingerprint density at radius 2 is 1.91 bits per heavy atom. The lowest BCUT2D eigenvalue weighted by Gasteiger charge is -2.08. The number of hydrogen-bond donors (Lipinski definition) is 1. The van der Waals surface area contributed by atoms with E-state index in [0.29, 0.717) is 13.0 Å². The number of pyridine rings is 1. The molecule has 0 aliphatic heterocycles. The molecule has 0 unspecified atom stereocenters. The summed E-state index contributed by atoms with van der Waals surface area (Å²) in [6, 6.07) is 7.18. The molecule has 0 saturated carbocycles. The molecule has 23 heavy (non-hydrogen) atoms. The van der Waals surface area contributed by atoms with Crippen LogP contribution in [0.4, 0.5) is 10.1 Å². The van der Waals surface area contributed by atoms with E-state index in [0.717, 1.165) is 24.3 Å². The largest absolute Gasteiger partial charge is 0.461 e. The van der Waals surface area contributed by atoms with Crippen LogP contribution in [0.5, 0.6) is 0 Å². The second-order valence-corrected chi connectivity index (χ2v) is 6.31. The molecule has 1 N–H and O–H groups in total. The fourth-order valence-electron chi connectivity index (χ4n) is 1.67. The average Bonchev–Trinajstić information content (AvgIpc) is 2.53. The Balaban J connectivity index is 2.11. The van der Waals surface area contributed by atoms with Gasteiger partial charge in [0.2, 0.25) is 0 Å². The third kappa shape index (κ3) is 4.49. The maximum atomic E-state index is 12.8. The first-order chi connectivity index (χ1) is 10.9. The molecular formula is C15H15FN2O4S. The number of benzene rings is 1. The molecular weight excluding hydrogens is 323 g/mol. The fourth-order valence-corrected chi connectivity index (χ4v) is 2.71. The minimum Gasteiger partial charge on any atom is -0.461 e. The van der Waals surface area contributed by atoms with Crippen molar-refractivity contribution in [1.29, 1.82) is 0 Å². The number of carbonyl (C=O) groups excluding carboxylic acids is 1. The predicted molar refractivity (Wildman–Crippen MR) is 82.0 cm³/mol. The molecule has 0 amide bonds. The van der Waals surface area contributed by atoms with Gasteiger partial charge < -0.3 is 4.74 Å². The first-order valence-corrected chi connectivity index (χ1v) is 8.32. The van der Waals surface area contributed by atoms with E-state index in [2.05, 4.69) is 9.71 Å². The molecule has 1 aromatic carbocycles. The molecule has 0 atom stereocenters. The summed E-state index contributed by atoms with van der Waals surface area (Å²) in [4.78, 5) is 15.4. The summed E-state index contributed by atoms with van der Waals surface area (Å²) in [6.07, 6.45) is 1.91. The molecule has 8 heteroatoms. The number of esters is 1.